The van der Waals surface area contributed by atoms with Crippen LogP contribution in [0.3, 0.4) is 0 Å². The third kappa shape index (κ3) is 9.10. The van der Waals surface area contributed by atoms with Gasteiger partial charge in [-0.2, -0.15) is 5.10 Å². The highest BCUT2D eigenvalue weighted by atomic mass is 32.2. The molecule has 5 aromatic rings. The number of esters is 1. The highest BCUT2D eigenvalue weighted by Crippen LogP contribution is 2.33. The zero-order valence-corrected chi connectivity index (χ0v) is 33.4. The molecule has 1 fully saturated rings. The van der Waals surface area contributed by atoms with Crippen molar-refractivity contribution < 1.29 is 27.5 Å². The van der Waals surface area contributed by atoms with E-state index >= 15 is 0 Å². The van der Waals surface area contributed by atoms with E-state index in [-0.39, 0.29) is 36.2 Å². The van der Waals surface area contributed by atoms with Crippen LogP contribution < -0.4 is 14.9 Å². The Balaban J connectivity index is 1.13. The Morgan fingerprint density at radius 2 is 1.77 bits per heavy atom. The van der Waals surface area contributed by atoms with Crippen molar-refractivity contribution in [3.8, 4) is 11.1 Å². The minimum atomic E-state index is -4.03. The number of ether oxygens (including phenoxy) is 1. The largest absolute Gasteiger partial charge is 0.466 e. The molecule has 2 aromatic carbocycles. The van der Waals surface area contributed by atoms with E-state index in [4.69, 9.17) is 9.72 Å². The van der Waals surface area contributed by atoms with Crippen LogP contribution in [0.4, 0.5) is 10.9 Å². The number of sulfonamides is 1. The fourth-order valence-corrected chi connectivity index (χ4v) is 9.57. The maximum atomic E-state index is 14.0. The van der Waals surface area contributed by atoms with Crippen molar-refractivity contribution in [2.24, 2.45) is 5.92 Å². The lowest BCUT2D eigenvalue weighted by Gasteiger charge is -2.31. The zero-order chi connectivity index (χ0) is 39.2. The number of thiazole rings is 1. The standard InChI is InChI=1S/C41H47N7O6S2/c1-3-54-37(49)18-5-4-10-23-56(52,53)46-40(51)38-30(32-24-42-48(27(32)2)25-28-12-6-7-13-28)19-20-36(44-38)47-22-21-29-14-11-15-31(33(29)26-47)39(50)45-41-43-34-16-8-9-17-35(34)55-41/h8-9,11,14-17,19-20,24,28H,3-7,10,12-13,18,21-23,25-26H2,1-2H3,(H,46,51)(H,43,45,50). The summed E-state index contributed by atoms with van der Waals surface area (Å²) in [7, 11) is -4.03. The number of benzene rings is 2. The van der Waals surface area contributed by atoms with Gasteiger partial charge in [0.1, 0.15) is 11.5 Å². The average molecular weight is 798 g/mol. The summed E-state index contributed by atoms with van der Waals surface area (Å²) in [4.78, 5) is 50.8. The van der Waals surface area contributed by atoms with Crippen molar-refractivity contribution in [1.82, 2.24) is 24.5 Å². The molecule has 3 aromatic heterocycles. The number of para-hydroxylation sites is 1. The smallest absolute Gasteiger partial charge is 0.305 e. The summed E-state index contributed by atoms with van der Waals surface area (Å²) >= 11 is 1.41. The van der Waals surface area contributed by atoms with E-state index in [0.29, 0.717) is 72.5 Å². The van der Waals surface area contributed by atoms with Gasteiger partial charge in [0.15, 0.2) is 5.13 Å². The van der Waals surface area contributed by atoms with Gasteiger partial charge in [0.05, 0.1) is 28.8 Å². The third-order valence-corrected chi connectivity index (χ3v) is 12.9. The molecule has 7 rings (SSSR count). The predicted octanol–water partition coefficient (Wildman–Crippen LogP) is 7.05. The molecule has 1 aliphatic heterocycles. The van der Waals surface area contributed by atoms with Crippen LogP contribution in [0.2, 0.25) is 0 Å². The molecular formula is C41H47N7O6S2. The number of nitrogens with zero attached hydrogens (tertiary/aromatic N) is 5. The first-order chi connectivity index (χ1) is 27.1. The lowest BCUT2D eigenvalue weighted by molar-refractivity contribution is -0.143. The summed E-state index contributed by atoms with van der Waals surface area (Å²) in [6, 6.07) is 17.1. The number of unbranched alkanes of at least 4 members (excludes halogenated alkanes) is 2. The van der Waals surface area contributed by atoms with Gasteiger partial charge in [0.25, 0.3) is 11.8 Å². The molecule has 0 bridgehead atoms. The summed E-state index contributed by atoms with van der Waals surface area (Å²) in [6.07, 6.45) is 8.57. The van der Waals surface area contributed by atoms with E-state index in [9.17, 15) is 22.8 Å². The van der Waals surface area contributed by atoms with E-state index < -0.39 is 15.9 Å². The van der Waals surface area contributed by atoms with Gasteiger partial charge in [-0.25, -0.2) is 23.1 Å². The molecule has 2 aliphatic rings. The number of anilines is 2. The van der Waals surface area contributed by atoms with Crippen LogP contribution in [0.25, 0.3) is 21.3 Å². The first-order valence-corrected chi connectivity index (χ1v) is 21.8. The lowest BCUT2D eigenvalue weighted by atomic mass is 9.94. The molecule has 56 heavy (non-hydrogen) atoms. The summed E-state index contributed by atoms with van der Waals surface area (Å²) in [6.45, 7) is 5.71. The van der Waals surface area contributed by atoms with Gasteiger partial charge in [-0.1, -0.05) is 54.9 Å². The zero-order valence-electron chi connectivity index (χ0n) is 31.8. The molecule has 0 spiro atoms. The Morgan fingerprint density at radius 3 is 2.57 bits per heavy atom. The fraction of sp³-hybridized carbons (Fsp3) is 0.415. The van der Waals surface area contributed by atoms with Gasteiger partial charge in [0, 0.05) is 48.4 Å². The van der Waals surface area contributed by atoms with Gasteiger partial charge in [-0.3, -0.25) is 24.4 Å². The Morgan fingerprint density at radius 1 is 0.946 bits per heavy atom. The van der Waals surface area contributed by atoms with Crippen molar-refractivity contribution in [2.75, 3.05) is 29.1 Å². The molecule has 294 valence electrons. The van der Waals surface area contributed by atoms with Crippen LogP contribution in [0.5, 0.6) is 0 Å². The second kappa shape index (κ2) is 17.3. The molecule has 2 amide bonds. The molecule has 0 saturated heterocycles. The summed E-state index contributed by atoms with van der Waals surface area (Å²) in [5.74, 6) is -0.655. The average Bonchev–Trinajstić information content (AvgIpc) is 3.94. The third-order valence-electron chi connectivity index (χ3n) is 10.6. The molecule has 1 saturated carbocycles. The molecule has 0 atom stereocenters. The topological polar surface area (TPSA) is 165 Å². The van der Waals surface area contributed by atoms with Crippen LogP contribution in [0, 0.1) is 12.8 Å². The van der Waals surface area contributed by atoms with Gasteiger partial charge < -0.3 is 9.64 Å². The lowest BCUT2D eigenvalue weighted by Crippen LogP contribution is -2.35. The van der Waals surface area contributed by atoms with Crippen LogP contribution in [-0.2, 0) is 39.1 Å². The first kappa shape index (κ1) is 39.1. The van der Waals surface area contributed by atoms with Crippen LogP contribution in [0.1, 0.15) is 96.0 Å². The van der Waals surface area contributed by atoms with Crippen LogP contribution in [-0.4, -0.2) is 64.9 Å². The molecule has 0 unspecified atom stereocenters. The number of carbonyl (C=O) groups is 3. The number of aromatic nitrogens is 4. The number of hydrogen-bond acceptors (Lipinski definition) is 11. The number of hydrogen-bond donors (Lipinski definition) is 2. The minimum absolute atomic E-state index is 0.0236. The molecular weight excluding hydrogens is 751 g/mol. The molecule has 15 heteroatoms. The summed E-state index contributed by atoms with van der Waals surface area (Å²) in [5.41, 5.74) is 5.29. The SMILES string of the molecule is CCOC(=O)CCCCCS(=O)(=O)NC(=O)c1nc(N2CCc3cccc(C(=O)Nc4nc5ccccc5s4)c3C2)ccc1-c1cnn(CC2CCCC2)c1C. The number of fused-ring (bicyclic) bond motifs is 2. The van der Waals surface area contributed by atoms with Crippen molar-refractivity contribution >= 4 is 60.3 Å². The van der Waals surface area contributed by atoms with E-state index in [2.05, 4.69) is 20.1 Å². The number of pyridine rings is 1. The first-order valence-electron chi connectivity index (χ1n) is 19.4. The van der Waals surface area contributed by atoms with E-state index in [1.54, 1.807) is 19.2 Å². The molecule has 0 radical (unpaired) electrons. The number of amides is 2. The Kier molecular flexibility index (Phi) is 12.1. The van der Waals surface area contributed by atoms with Gasteiger partial charge in [-0.05, 0) is 93.3 Å². The molecule has 1 aliphatic carbocycles. The van der Waals surface area contributed by atoms with Crippen molar-refractivity contribution in [1.29, 1.82) is 0 Å². The van der Waals surface area contributed by atoms with Crippen molar-refractivity contribution in [2.45, 2.75) is 84.7 Å². The highest BCUT2D eigenvalue weighted by molar-refractivity contribution is 7.90. The Bertz CT molecular complexity index is 2320. The Labute approximate surface area is 330 Å². The van der Waals surface area contributed by atoms with Crippen molar-refractivity contribution in [3.63, 3.8) is 0 Å². The summed E-state index contributed by atoms with van der Waals surface area (Å²) < 4.78 is 36.6. The molecule has 13 nitrogen and oxygen atoms in total. The van der Waals surface area contributed by atoms with E-state index in [0.717, 1.165) is 46.4 Å². The molecule has 2 N–H and O–H groups in total. The normalized spacial score (nSPS) is 14.5. The quantitative estimate of drug-likeness (QED) is 0.0828. The van der Waals surface area contributed by atoms with Crippen LogP contribution in [0.15, 0.2) is 60.8 Å². The maximum absolute atomic E-state index is 14.0. The highest BCUT2D eigenvalue weighted by Gasteiger charge is 2.28. The van der Waals surface area contributed by atoms with E-state index in [1.807, 2.05) is 65.0 Å². The van der Waals surface area contributed by atoms with Gasteiger partial charge >= 0.3 is 5.97 Å². The number of rotatable bonds is 15. The fourth-order valence-electron chi connectivity index (χ4n) is 7.64. The molecule has 4 heterocycles. The second-order valence-corrected chi connectivity index (χ2v) is 17.3. The monoisotopic (exact) mass is 797 g/mol. The van der Waals surface area contributed by atoms with Crippen LogP contribution >= 0.6 is 11.3 Å². The van der Waals surface area contributed by atoms with Gasteiger partial charge in [0.2, 0.25) is 10.0 Å². The number of carbonyl (C=O) groups excluding carboxylic acids is 3. The second-order valence-electron chi connectivity index (χ2n) is 14.5. The maximum Gasteiger partial charge on any atom is 0.305 e. The Hall–Kier alpha value is -5.15. The van der Waals surface area contributed by atoms with Gasteiger partial charge in [-0.15, -0.1) is 0 Å². The number of nitrogens with one attached hydrogen (secondary N) is 2. The minimum Gasteiger partial charge on any atom is -0.466 e. The summed E-state index contributed by atoms with van der Waals surface area (Å²) in [5, 5.41) is 8.17. The van der Waals surface area contributed by atoms with E-state index in [1.165, 1.54) is 24.2 Å². The predicted molar refractivity (Wildman–Crippen MR) is 217 cm³/mol. The van der Waals surface area contributed by atoms with Crippen molar-refractivity contribution in [3.05, 3.63) is 88.9 Å².